The Morgan fingerprint density at radius 2 is 1.86 bits per heavy atom. The number of alkyl halides is 2. The molecule has 5 heteroatoms. The topological polar surface area (TPSA) is 9.23 Å². The molecule has 0 aliphatic carbocycles. The number of nitrogens with zero attached hydrogens (tertiary/aromatic N) is 1. The molecule has 86 valence electrons. The maximum Gasteiger partial charge on any atom is 0.276 e. The van der Waals surface area contributed by atoms with Crippen LogP contribution in [0.3, 0.4) is 0 Å². The van der Waals surface area contributed by atoms with Crippen molar-refractivity contribution in [2.45, 2.75) is 31.5 Å². The Morgan fingerprint density at radius 3 is 2.14 bits per heavy atom. The van der Waals surface area contributed by atoms with Crippen molar-refractivity contribution in [3.05, 3.63) is 0 Å². The summed E-state index contributed by atoms with van der Waals surface area (Å²) in [5, 5.41) is 0. The Labute approximate surface area is 101 Å². The van der Waals surface area contributed by atoms with Gasteiger partial charge in [-0.3, -0.25) is 0 Å². The maximum absolute atomic E-state index is 13.0. The first kappa shape index (κ1) is 14.5. The summed E-state index contributed by atoms with van der Waals surface area (Å²) < 4.78 is 31.9. The fourth-order valence-electron chi connectivity index (χ4n) is 1.62. The number of hydrogen-bond acceptors (Lipinski definition) is 1. The zero-order valence-corrected chi connectivity index (χ0v) is 11.2. The van der Waals surface area contributed by atoms with Crippen LogP contribution in [0.2, 0.25) is 0 Å². The van der Waals surface area contributed by atoms with Gasteiger partial charge in [0.05, 0.1) is 21.1 Å². The number of halogens is 3. The molecule has 1 heterocycles. The SMILES string of the molecule is C[C@H]1O[C@H](C[N+](C)(C)C)CC1(F)F.[I-]. The van der Waals surface area contributed by atoms with Crippen molar-refractivity contribution < 1.29 is 42.0 Å². The van der Waals surface area contributed by atoms with E-state index in [1.54, 1.807) is 0 Å². The van der Waals surface area contributed by atoms with E-state index in [1.165, 1.54) is 6.92 Å². The molecule has 0 unspecified atom stereocenters. The number of rotatable bonds is 2. The van der Waals surface area contributed by atoms with Crippen molar-refractivity contribution >= 4 is 0 Å². The molecular weight excluding hydrogens is 303 g/mol. The molecule has 1 aliphatic rings. The zero-order chi connectivity index (χ0) is 10.3. The van der Waals surface area contributed by atoms with Crippen LogP contribution in [0.1, 0.15) is 13.3 Å². The van der Waals surface area contributed by atoms with Crippen LogP contribution in [0.15, 0.2) is 0 Å². The number of likely N-dealkylation sites (N-methyl/N-ethyl adjacent to an activating group) is 1. The monoisotopic (exact) mass is 321 g/mol. The highest BCUT2D eigenvalue weighted by Gasteiger charge is 2.48. The van der Waals surface area contributed by atoms with Crippen LogP contribution in [-0.2, 0) is 4.74 Å². The molecule has 0 amide bonds. The van der Waals surface area contributed by atoms with Crippen LogP contribution in [0.5, 0.6) is 0 Å². The molecule has 0 aromatic rings. The molecule has 1 rings (SSSR count). The Bertz CT molecular complexity index is 192. The van der Waals surface area contributed by atoms with Gasteiger partial charge < -0.3 is 33.2 Å². The lowest BCUT2D eigenvalue weighted by Crippen LogP contribution is -3.00. The third-order valence-electron chi connectivity index (χ3n) is 2.24. The Balaban J connectivity index is 0.00000169. The molecule has 1 aliphatic heterocycles. The van der Waals surface area contributed by atoms with Crippen LogP contribution in [0, 0.1) is 0 Å². The number of hydrogen-bond donors (Lipinski definition) is 0. The van der Waals surface area contributed by atoms with E-state index in [0.717, 1.165) is 0 Å². The second-order valence-electron chi connectivity index (χ2n) is 4.84. The molecule has 1 saturated heterocycles. The highest BCUT2D eigenvalue weighted by Crippen LogP contribution is 2.35. The summed E-state index contributed by atoms with van der Waals surface area (Å²) in [6.07, 6.45) is -1.36. The predicted molar refractivity (Wildman–Crippen MR) is 46.8 cm³/mol. The van der Waals surface area contributed by atoms with Crippen LogP contribution < -0.4 is 24.0 Å². The smallest absolute Gasteiger partial charge is 0.276 e. The van der Waals surface area contributed by atoms with E-state index in [1.807, 2.05) is 21.1 Å². The molecule has 2 atom stereocenters. The van der Waals surface area contributed by atoms with Crippen LogP contribution in [-0.4, -0.2) is 50.3 Å². The van der Waals surface area contributed by atoms with Gasteiger partial charge in [0.2, 0.25) is 0 Å². The zero-order valence-electron chi connectivity index (χ0n) is 9.06. The summed E-state index contributed by atoms with van der Waals surface area (Å²) in [5.74, 6) is -2.64. The van der Waals surface area contributed by atoms with Gasteiger partial charge in [0.15, 0.2) is 0 Å². The minimum atomic E-state index is -2.64. The standard InChI is InChI=1S/C9H18F2NO.HI/c1-7-9(10,11)5-8(13-7)6-12(2,3)4;/h7-8H,5-6H2,1-4H3;1H/q+1;/p-1/t7-,8+;/m1./s1. The fraction of sp³-hybridized carbons (Fsp3) is 1.00. The van der Waals surface area contributed by atoms with Gasteiger partial charge in [-0.25, -0.2) is 8.78 Å². The molecule has 0 bridgehead atoms. The highest BCUT2D eigenvalue weighted by molar-refractivity contribution is 4.86. The lowest BCUT2D eigenvalue weighted by atomic mass is 10.1. The second-order valence-corrected chi connectivity index (χ2v) is 4.84. The van der Waals surface area contributed by atoms with Crippen molar-refractivity contribution in [1.29, 1.82) is 0 Å². The summed E-state index contributed by atoms with van der Waals surface area (Å²) in [5.41, 5.74) is 0. The van der Waals surface area contributed by atoms with Crippen LogP contribution in [0.4, 0.5) is 8.78 Å². The lowest BCUT2D eigenvalue weighted by Gasteiger charge is -2.26. The molecule has 14 heavy (non-hydrogen) atoms. The van der Waals surface area contributed by atoms with Gasteiger partial charge in [0, 0.05) is 6.42 Å². The molecule has 1 fully saturated rings. The van der Waals surface area contributed by atoms with Crippen molar-refractivity contribution in [2.75, 3.05) is 27.7 Å². The minimum Gasteiger partial charge on any atom is -1.00 e. The van der Waals surface area contributed by atoms with E-state index in [2.05, 4.69) is 0 Å². The lowest BCUT2D eigenvalue weighted by molar-refractivity contribution is -0.873. The maximum atomic E-state index is 13.0. The summed E-state index contributed by atoms with van der Waals surface area (Å²) in [4.78, 5) is 0. The van der Waals surface area contributed by atoms with Gasteiger partial charge in [0.1, 0.15) is 18.8 Å². The Hall–Kier alpha value is 0.510. The van der Waals surface area contributed by atoms with Crippen molar-refractivity contribution in [3.8, 4) is 0 Å². The summed E-state index contributed by atoms with van der Waals surface area (Å²) in [6, 6.07) is 0. The van der Waals surface area contributed by atoms with E-state index in [4.69, 9.17) is 4.74 Å². The average Bonchev–Trinajstić information content (AvgIpc) is 2.01. The van der Waals surface area contributed by atoms with Gasteiger partial charge in [-0.05, 0) is 6.92 Å². The molecule has 0 saturated carbocycles. The molecule has 0 aromatic heterocycles. The van der Waals surface area contributed by atoms with Gasteiger partial charge in [-0.2, -0.15) is 0 Å². The largest absolute Gasteiger partial charge is 1.00 e. The van der Waals surface area contributed by atoms with Crippen molar-refractivity contribution in [2.24, 2.45) is 0 Å². The van der Waals surface area contributed by atoms with E-state index < -0.39 is 12.0 Å². The summed E-state index contributed by atoms with van der Waals surface area (Å²) in [7, 11) is 5.93. The van der Waals surface area contributed by atoms with Gasteiger partial charge >= 0.3 is 0 Å². The number of quaternary nitrogens is 1. The third-order valence-corrected chi connectivity index (χ3v) is 2.24. The van der Waals surface area contributed by atoms with Crippen molar-refractivity contribution in [1.82, 2.24) is 0 Å². The first-order valence-corrected chi connectivity index (χ1v) is 4.54. The van der Waals surface area contributed by atoms with Crippen LogP contribution in [0.25, 0.3) is 0 Å². The first-order valence-electron chi connectivity index (χ1n) is 4.54. The molecule has 0 spiro atoms. The quantitative estimate of drug-likeness (QED) is 0.445. The second kappa shape index (κ2) is 4.57. The van der Waals surface area contributed by atoms with Gasteiger partial charge in [-0.1, -0.05) is 0 Å². The highest BCUT2D eigenvalue weighted by atomic mass is 127. The first-order chi connectivity index (χ1) is 5.71. The fourth-order valence-corrected chi connectivity index (χ4v) is 1.62. The minimum absolute atomic E-state index is 0. The summed E-state index contributed by atoms with van der Waals surface area (Å²) >= 11 is 0. The third kappa shape index (κ3) is 3.94. The molecular formula is C9H18F2INO. The summed E-state index contributed by atoms with van der Waals surface area (Å²) in [6.45, 7) is 2.08. The molecule has 0 N–H and O–H groups in total. The Kier molecular flexibility index (Phi) is 4.74. The average molecular weight is 321 g/mol. The van der Waals surface area contributed by atoms with Gasteiger partial charge in [-0.15, -0.1) is 0 Å². The molecule has 0 radical (unpaired) electrons. The Morgan fingerprint density at radius 1 is 1.36 bits per heavy atom. The van der Waals surface area contributed by atoms with E-state index in [-0.39, 0.29) is 36.5 Å². The number of ether oxygens (including phenoxy) is 1. The van der Waals surface area contributed by atoms with E-state index >= 15 is 0 Å². The normalized spacial score (nSPS) is 31.3. The van der Waals surface area contributed by atoms with Crippen LogP contribution >= 0.6 is 0 Å². The molecule has 2 nitrogen and oxygen atoms in total. The van der Waals surface area contributed by atoms with E-state index in [0.29, 0.717) is 11.0 Å². The van der Waals surface area contributed by atoms with Gasteiger partial charge in [0.25, 0.3) is 5.92 Å². The van der Waals surface area contributed by atoms with Crippen molar-refractivity contribution in [3.63, 3.8) is 0 Å². The van der Waals surface area contributed by atoms with E-state index in [9.17, 15) is 8.78 Å². The predicted octanol–water partition coefficient (Wildman–Crippen LogP) is -1.49. The molecule has 0 aromatic carbocycles.